The minimum atomic E-state index is -0.869. The Kier molecular flexibility index (Phi) is 2.11. The van der Waals surface area contributed by atoms with E-state index in [2.05, 4.69) is 6.58 Å². The van der Waals surface area contributed by atoms with Crippen LogP contribution in [0.15, 0.2) is 12.1 Å². The van der Waals surface area contributed by atoms with Crippen molar-refractivity contribution in [3.05, 3.63) is 17.4 Å². The minimum absolute atomic E-state index is 0.0142. The summed E-state index contributed by atoms with van der Waals surface area (Å²) in [6, 6.07) is 2.18. The third-order valence-corrected chi connectivity index (χ3v) is 3.35. The molecule has 0 fully saturated rings. The first-order chi connectivity index (χ1) is 9.34. The van der Waals surface area contributed by atoms with Gasteiger partial charge in [0.1, 0.15) is 17.2 Å². The van der Waals surface area contributed by atoms with Crippen molar-refractivity contribution in [3.8, 4) is 34.5 Å². The smallest absolute Gasteiger partial charge is 0.201 e. The molecule has 6 N–H and O–H groups in total. The summed E-state index contributed by atoms with van der Waals surface area (Å²) in [4.78, 5) is 0. The summed E-state index contributed by atoms with van der Waals surface area (Å²) >= 11 is 0. The largest absolute Gasteiger partial charge is 0.507 e. The molecule has 0 atom stereocenters. The van der Waals surface area contributed by atoms with Gasteiger partial charge < -0.3 is 30.6 Å². The molecule has 0 bridgehead atoms. The molecule has 0 aliphatic heterocycles. The maximum absolute atomic E-state index is 9.90. The molecule has 0 aliphatic rings. The highest BCUT2D eigenvalue weighted by Crippen LogP contribution is 2.53. The molecule has 0 radical (unpaired) electrons. The van der Waals surface area contributed by atoms with Crippen LogP contribution in [0.4, 0.5) is 0 Å². The predicted octanol–water partition coefficient (Wildman–Crippen LogP) is 1.36. The molecule has 0 heterocycles. The van der Waals surface area contributed by atoms with Gasteiger partial charge in [0.25, 0.3) is 0 Å². The van der Waals surface area contributed by atoms with Crippen molar-refractivity contribution in [2.75, 3.05) is 0 Å². The van der Waals surface area contributed by atoms with Crippen molar-refractivity contribution in [2.24, 2.45) is 0 Å². The number of rotatable bonds is 0. The van der Waals surface area contributed by atoms with Crippen LogP contribution in [0.1, 0.15) is 0 Å². The number of hydrogen-bond donors (Lipinski definition) is 6. The number of benzene rings is 3. The lowest BCUT2D eigenvalue weighted by molar-refractivity contribution is 0.371. The molecular weight excluding hydrogens is 264 g/mol. The van der Waals surface area contributed by atoms with Gasteiger partial charge in [-0.1, -0.05) is 6.58 Å². The van der Waals surface area contributed by atoms with Gasteiger partial charge in [-0.3, -0.25) is 0 Å². The van der Waals surface area contributed by atoms with Crippen molar-refractivity contribution in [3.63, 3.8) is 0 Å². The summed E-state index contributed by atoms with van der Waals surface area (Å²) in [7, 11) is 0. The van der Waals surface area contributed by atoms with Gasteiger partial charge in [-0.05, 0) is 11.3 Å². The first kappa shape index (κ1) is 12.0. The average molecular weight is 274 g/mol. The fraction of sp³-hybridized carbons (Fsp3) is 0. The summed E-state index contributed by atoms with van der Waals surface area (Å²) in [6.45, 7) is 3.66. The van der Waals surface area contributed by atoms with Crippen molar-refractivity contribution >= 4 is 28.1 Å². The molecule has 0 unspecified atom stereocenters. The van der Waals surface area contributed by atoms with Crippen molar-refractivity contribution in [2.45, 2.75) is 0 Å². The Labute approximate surface area is 111 Å². The van der Waals surface area contributed by atoms with Gasteiger partial charge in [0.15, 0.2) is 11.5 Å². The van der Waals surface area contributed by atoms with Gasteiger partial charge in [0.2, 0.25) is 5.75 Å². The summed E-state index contributed by atoms with van der Waals surface area (Å²) in [6.07, 6.45) is 0. The Hall–Kier alpha value is -3.02. The third kappa shape index (κ3) is 1.22. The number of phenolic OH excluding ortho intramolecular Hbond substituents is 6. The molecule has 3 aromatic carbocycles. The van der Waals surface area contributed by atoms with Crippen LogP contribution < -0.4 is 5.22 Å². The van der Waals surface area contributed by atoms with Gasteiger partial charge in [-0.25, -0.2) is 0 Å². The summed E-state index contributed by atoms with van der Waals surface area (Å²) < 4.78 is 0. The van der Waals surface area contributed by atoms with Crippen molar-refractivity contribution in [1.82, 2.24) is 0 Å². The molecule has 0 amide bonds. The van der Waals surface area contributed by atoms with Crippen molar-refractivity contribution < 1.29 is 30.6 Å². The van der Waals surface area contributed by atoms with Crippen LogP contribution in [0.25, 0.3) is 28.1 Å². The third-order valence-electron chi connectivity index (χ3n) is 3.35. The second-order valence-electron chi connectivity index (χ2n) is 4.52. The van der Waals surface area contributed by atoms with E-state index in [4.69, 9.17) is 0 Å². The van der Waals surface area contributed by atoms with Gasteiger partial charge >= 0.3 is 0 Å². The van der Waals surface area contributed by atoms with Gasteiger partial charge in [0.05, 0.1) is 10.8 Å². The quantitative estimate of drug-likeness (QED) is 0.344. The van der Waals surface area contributed by atoms with E-state index in [0.29, 0.717) is 0 Å². The van der Waals surface area contributed by atoms with Crippen LogP contribution in [0.5, 0.6) is 34.5 Å². The Morgan fingerprint density at radius 1 is 0.550 bits per heavy atom. The van der Waals surface area contributed by atoms with E-state index >= 15 is 0 Å². The molecule has 0 saturated carbocycles. The van der Waals surface area contributed by atoms with E-state index in [0.717, 1.165) is 6.07 Å². The molecule has 6 nitrogen and oxygen atoms in total. The zero-order chi connectivity index (χ0) is 14.8. The normalized spacial score (nSPS) is 11.4. The lowest BCUT2D eigenvalue weighted by atomic mass is 9.95. The predicted molar refractivity (Wildman–Crippen MR) is 72.2 cm³/mol. The number of hydrogen-bond acceptors (Lipinski definition) is 6. The topological polar surface area (TPSA) is 121 Å². The average Bonchev–Trinajstić information content (AvgIpc) is 2.34. The summed E-state index contributed by atoms with van der Waals surface area (Å²) in [5.41, 5.74) is 0. The fourth-order valence-corrected chi connectivity index (χ4v) is 2.50. The highest BCUT2D eigenvalue weighted by molar-refractivity contribution is 6.21. The molecule has 6 heteroatoms. The van der Waals surface area contributed by atoms with Crippen LogP contribution in [0.3, 0.4) is 0 Å². The van der Waals surface area contributed by atoms with E-state index in [9.17, 15) is 30.6 Å². The van der Waals surface area contributed by atoms with Crippen LogP contribution in [-0.2, 0) is 0 Å². The molecule has 0 aliphatic carbocycles. The maximum atomic E-state index is 9.90. The summed E-state index contributed by atoms with van der Waals surface area (Å²) in [5.74, 6) is -3.59. The van der Waals surface area contributed by atoms with E-state index in [1.807, 2.05) is 0 Å². The van der Waals surface area contributed by atoms with E-state index in [-0.39, 0.29) is 32.5 Å². The molecule has 3 aromatic rings. The van der Waals surface area contributed by atoms with Crippen LogP contribution in [-0.4, -0.2) is 30.6 Å². The monoisotopic (exact) mass is 274 g/mol. The number of phenols is 6. The SMILES string of the molecule is C=c1cc(O)c2c(O)c(O)c(O)c3c(O)cc(O)c1c32. The van der Waals surface area contributed by atoms with Crippen LogP contribution in [0.2, 0.25) is 0 Å². The van der Waals surface area contributed by atoms with Gasteiger partial charge in [0, 0.05) is 16.8 Å². The molecule has 3 rings (SSSR count). The second kappa shape index (κ2) is 3.51. The fourth-order valence-electron chi connectivity index (χ4n) is 2.50. The lowest BCUT2D eigenvalue weighted by Crippen LogP contribution is -2.00. The molecule has 0 spiro atoms. The Morgan fingerprint density at radius 3 is 1.55 bits per heavy atom. The molecule has 20 heavy (non-hydrogen) atoms. The molecule has 0 aromatic heterocycles. The zero-order valence-electron chi connectivity index (χ0n) is 10.0. The van der Waals surface area contributed by atoms with Crippen LogP contribution >= 0.6 is 0 Å². The molecular formula is C14H10O6. The van der Waals surface area contributed by atoms with Crippen molar-refractivity contribution in [1.29, 1.82) is 0 Å². The van der Waals surface area contributed by atoms with Gasteiger partial charge in [-0.2, -0.15) is 0 Å². The molecule has 0 saturated heterocycles. The van der Waals surface area contributed by atoms with E-state index in [1.165, 1.54) is 6.07 Å². The van der Waals surface area contributed by atoms with E-state index < -0.39 is 28.7 Å². The van der Waals surface area contributed by atoms with Crippen LogP contribution in [0, 0.1) is 0 Å². The Bertz CT molecular complexity index is 904. The lowest BCUT2D eigenvalue weighted by Gasteiger charge is -2.15. The van der Waals surface area contributed by atoms with Gasteiger partial charge in [-0.15, -0.1) is 0 Å². The minimum Gasteiger partial charge on any atom is -0.507 e. The number of aromatic hydroxyl groups is 6. The maximum Gasteiger partial charge on any atom is 0.201 e. The Morgan fingerprint density at radius 2 is 1.00 bits per heavy atom. The highest BCUT2D eigenvalue weighted by Gasteiger charge is 2.24. The molecule has 102 valence electrons. The first-order valence-corrected chi connectivity index (χ1v) is 5.60. The standard InChI is InChI=1S/C14H10O6/c1-4-2-5(15)9-11-8(4)6(16)3-7(17)10(11)13(19)14(20)12(9)18/h2-3,15-20H,1H2. The first-order valence-electron chi connectivity index (χ1n) is 5.60. The second-order valence-corrected chi connectivity index (χ2v) is 4.52. The summed E-state index contributed by atoms with van der Waals surface area (Å²) in [5, 5.41) is 59.1. The highest BCUT2D eigenvalue weighted by atomic mass is 16.3. The Balaban J connectivity index is 2.88. The van der Waals surface area contributed by atoms with E-state index in [1.54, 1.807) is 0 Å². The zero-order valence-corrected chi connectivity index (χ0v) is 10.0.